The van der Waals surface area contributed by atoms with Gasteiger partial charge in [-0.3, -0.25) is 4.68 Å². The van der Waals surface area contributed by atoms with Gasteiger partial charge in [-0.2, -0.15) is 5.10 Å². The molecule has 1 aromatic heterocycles. The Hall–Kier alpha value is -0.290. The van der Waals surface area contributed by atoms with Gasteiger partial charge in [0.25, 0.3) is 0 Å². The number of halogens is 2. The average Bonchev–Trinajstić information content (AvgIpc) is 2.57. The molecule has 0 amide bonds. The standard InChI is InChI=1S/C11H19Cl2N3O/c1-4-16-10(11(13)8(2)15-16)6-14-5-9(12)7-17-3/h9,14H,4-7H2,1-3H3. The van der Waals surface area contributed by atoms with Crippen molar-refractivity contribution in [2.24, 2.45) is 0 Å². The molecule has 1 aromatic rings. The summed E-state index contributed by atoms with van der Waals surface area (Å²) in [4.78, 5) is 0. The van der Waals surface area contributed by atoms with Crippen LogP contribution in [0.1, 0.15) is 18.3 Å². The number of rotatable bonds is 7. The van der Waals surface area contributed by atoms with Gasteiger partial charge in [0.15, 0.2) is 0 Å². The van der Waals surface area contributed by atoms with E-state index in [0.29, 0.717) is 19.7 Å². The highest BCUT2D eigenvalue weighted by atomic mass is 35.5. The Morgan fingerprint density at radius 3 is 2.82 bits per heavy atom. The van der Waals surface area contributed by atoms with Crippen molar-refractivity contribution in [3.63, 3.8) is 0 Å². The second-order valence-electron chi connectivity index (χ2n) is 3.85. The normalized spacial score (nSPS) is 13.0. The van der Waals surface area contributed by atoms with Crippen LogP contribution in [0.3, 0.4) is 0 Å². The lowest BCUT2D eigenvalue weighted by Gasteiger charge is -2.10. The highest BCUT2D eigenvalue weighted by Gasteiger charge is 2.12. The van der Waals surface area contributed by atoms with E-state index in [9.17, 15) is 0 Å². The Kier molecular flexibility index (Phi) is 6.27. The molecule has 0 saturated heterocycles. The molecule has 0 saturated carbocycles. The van der Waals surface area contributed by atoms with Crippen LogP contribution in [-0.4, -0.2) is 35.4 Å². The minimum Gasteiger partial charge on any atom is -0.383 e. The van der Waals surface area contributed by atoms with Crippen LogP contribution >= 0.6 is 23.2 Å². The van der Waals surface area contributed by atoms with Crippen LogP contribution in [0.2, 0.25) is 5.02 Å². The van der Waals surface area contributed by atoms with E-state index in [1.807, 2.05) is 18.5 Å². The Balaban J connectivity index is 2.51. The minimum atomic E-state index is -0.0297. The first-order valence-electron chi connectivity index (χ1n) is 5.65. The van der Waals surface area contributed by atoms with Crippen LogP contribution in [0, 0.1) is 6.92 Å². The van der Waals surface area contributed by atoms with Gasteiger partial charge < -0.3 is 10.1 Å². The van der Waals surface area contributed by atoms with Gasteiger partial charge in [-0.25, -0.2) is 0 Å². The van der Waals surface area contributed by atoms with Crippen molar-refractivity contribution in [2.45, 2.75) is 32.3 Å². The van der Waals surface area contributed by atoms with Crippen molar-refractivity contribution in [1.29, 1.82) is 0 Å². The molecule has 98 valence electrons. The summed E-state index contributed by atoms with van der Waals surface area (Å²) in [6, 6.07) is 0. The van der Waals surface area contributed by atoms with Gasteiger partial charge in [0.1, 0.15) is 0 Å². The number of hydrogen-bond donors (Lipinski definition) is 1. The Labute approximate surface area is 112 Å². The highest BCUT2D eigenvalue weighted by molar-refractivity contribution is 6.31. The van der Waals surface area contributed by atoms with Crippen LogP contribution in [0.15, 0.2) is 0 Å². The number of aryl methyl sites for hydroxylation is 2. The summed E-state index contributed by atoms with van der Waals surface area (Å²) in [5.74, 6) is 0. The maximum Gasteiger partial charge on any atom is 0.0860 e. The highest BCUT2D eigenvalue weighted by Crippen LogP contribution is 2.19. The number of aromatic nitrogens is 2. The first-order chi connectivity index (χ1) is 8.10. The molecule has 0 bridgehead atoms. The van der Waals surface area contributed by atoms with Gasteiger partial charge >= 0.3 is 0 Å². The Morgan fingerprint density at radius 1 is 1.53 bits per heavy atom. The lowest BCUT2D eigenvalue weighted by atomic mass is 10.3. The summed E-state index contributed by atoms with van der Waals surface area (Å²) < 4.78 is 6.87. The fraction of sp³-hybridized carbons (Fsp3) is 0.727. The monoisotopic (exact) mass is 279 g/mol. The molecule has 0 aliphatic carbocycles. The van der Waals surface area contributed by atoms with E-state index < -0.39 is 0 Å². The zero-order chi connectivity index (χ0) is 12.8. The van der Waals surface area contributed by atoms with Crippen LogP contribution in [0.4, 0.5) is 0 Å². The smallest absolute Gasteiger partial charge is 0.0860 e. The molecule has 4 nitrogen and oxygen atoms in total. The number of nitrogens with zero attached hydrogens (tertiary/aromatic N) is 2. The van der Waals surface area contributed by atoms with Crippen LogP contribution < -0.4 is 5.32 Å². The van der Waals surface area contributed by atoms with Crippen molar-refractivity contribution >= 4 is 23.2 Å². The third-order valence-electron chi connectivity index (χ3n) is 2.46. The molecule has 1 N–H and O–H groups in total. The van der Waals surface area contributed by atoms with Gasteiger partial charge in [0.2, 0.25) is 0 Å². The zero-order valence-corrected chi connectivity index (χ0v) is 12.0. The Morgan fingerprint density at radius 2 is 2.24 bits per heavy atom. The molecular formula is C11H19Cl2N3O. The molecule has 0 spiro atoms. The van der Waals surface area contributed by atoms with Gasteiger partial charge in [-0.05, 0) is 13.8 Å². The first-order valence-corrected chi connectivity index (χ1v) is 6.47. The van der Waals surface area contributed by atoms with Crippen LogP contribution in [0.25, 0.3) is 0 Å². The van der Waals surface area contributed by atoms with E-state index in [1.165, 1.54) is 0 Å². The maximum absolute atomic E-state index is 6.19. The van der Waals surface area contributed by atoms with Gasteiger partial charge in [0, 0.05) is 26.7 Å². The summed E-state index contributed by atoms with van der Waals surface area (Å²) in [5.41, 5.74) is 1.87. The zero-order valence-electron chi connectivity index (χ0n) is 10.5. The predicted molar refractivity (Wildman–Crippen MR) is 70.9 cm³/mol. The molecule has 0 aliphatic heterocycles. The van der Waals surface area contributed by atoms with Crippen molar-refractivity contribution in [2.75, 3.05) is 20.3 Å². The number of nitrogens with one attached hydrogen (secondary N) is 1. The average molecular weight is 280 g/mol. The van der Waals surface area contributed by atoms with Crippen molar-refractivity contribution in [1.82, 2.24) is 15.1 Å². The van der Waals surface area contributed by atoms with Crippen LogP contribution in [0.5, 0.6) is 0 Å². The third kappa shape index (κ3) is 4.14. The van der Waals surface area contributed by atoms with Gasteiger partial charge in [-0.1, -0.05) is 11.6 Å². The van der Waals surface area contributed by atoms with E-state index in [0.717, 1.165) is 23.0 Å². The van der Waals surface area contributed by atoms with Gasteiger partial charge in [0.05, 0.1) is 28.4 Å². The molecular weight excluding hydrogens is 261 g/mol. The first kappa shape index (κ1) is 14.8. The van der Waals surface area contributed by atoms with E-state index in [-0.39, 0.29) is 5.38 Å². The summed E-state index contributed by atoms with van der Waals surface area (Å²) in [7, 11) is 1.64. The Bertz CT molecular complexity index is 355. The van der Waals surface area contributed by atoms with Crippen molar-refractivity contribution in [3.05, 3.63) is 16.4 Å². The second kappa shape index (κ2) is 7.21. The van der Waals surface area contributed by atoms with Crippen LogP contribution in [-0.2, 0) is 17.8 Å². The third-order valence-corrected chi connectivity index (χ3v) is 3.23. The summed E-state index contributed by atoms with van der Waals surface area (Å²) in [5, 5.41) is 8.31. The molecule has 0 fully saturated rings. The van der Waals surface area contributed by atoms with E-state index >= 15 is 0 Å². The molecule has 1 heterocycles. The molecule has 0 aliphatic rings. The fourth-order valence-electron chi connectivity index (χ4n) is 1.62. The fourth-order valence-corrected chi connectivity index (χ4v) is 2.06. The van der Waals surface area contributed by atoms with Gasteiger partial charge in [-0.15, -0.1) is 11.6 Å². The molecule has 1 rings (SSSR count). The molecule has 17 heavy (non-hydrogen) atoms. The predicted octanol–water partition coefficient (Wildman–Crippen LogP) is 2.21. The van der Waals surface area contributed by atoms with Crippen molar-refractivity contribution in [3.8, 4) is 0 Å². The minimum absolute atomic E-state index is 0.0297. The summed E-state index contributed by atoms with van der Waals surface area (Å²) in [6.07, 6.45) is 0. The number of ether oxygens (including phenoxy) is 1. The lowest BCUT2D eigenvalue weighted by Crippen LogP contribution is -2.27. The number of methoxy groups -OCH3 is 1. The molecule has 1 atom stereocenters. The molecule has 6 heteroatoms. The van der Waals surface area contributed by atoms with E-state index in [1.54, 1.807) is 7.11 Å². The second-order valence-corrected chi connectivity index (χ2v) is 4.84. The molecule has 0 aromatic carbocycles. The quantitative estimate of drug-likeness (QED) is 0.778. The topological polar surface area (TPSA) is 39.1 Å². The van der Waals surface area contributed by atoms with E-state index in [4.69, 9.17) is 27.9 Å². The lowest BCUT2D eigenvalue weighted by molar-refractivity contribution is 0.196. The van der Waals surface area contributed by atoms with E-state index in [2.05, 4.69) is 10.4 Å². The summed E-state index contributed by atoms with van der Waals surface area (Å²) >= 11 is 12.2. The molecule has 0 radical (unpaired) electrons. The number of alkyl halides is 1. The SMILES string of the molecule is CCn1nc(C)c(Cl)c1CNCC(Cl)COC. The summed E-state index contributed by atoms with van der Waals surface area (Å²) in [6.45, 7) is 6.65. The molecule has 1 unspecified atom stereocenters. The van der Waals surface area contributed by atoms with Crippen molar-refractivity contribution < 1.29 is 4.74 Å². The maximum atomic E-state index is 6.19. The number of hydrogen-bond acceptors (Lipinski definition) is 3. The largest absolute Gasteiger partial charge is 0.383 e.